The molecule has 37 heavy (non-hydrogen) atoms. The van der Waals surface area contributed by atoms with Crippen LogP contribution in [0.15, 0.2) is 65.6 Å². The summed E-state index contributed by atoms with van der Waals surface area (Å²) in [6.45, 7) is 2.23. The van der Waals surface area contributed by atoms with E-state index >= 15 is 0 Å². The lowest BCUT2D eigenvalue weighted by Crippen LogP contribution is -2.27. The molecule has 10 heteroatoms. The van der Waals surface area contributed by atoms with E-state index in [1.165, 1.54) is 0 Å². The second kappa shape index (κ2) is 10.6. The van der Waals surface area contributed by atoms with Crippen LogP contribution in [-0.4, -0.2) is 35.4 Å². The zero-order valence-electron chi connectivity index (χ0n) is 19.6. The Hall–Kier alpha value is -3.95. The van der Waals surface area contributed by atoms with Crippen molar-refractivity contribution in [1.29, 1.82) is 0 Å². The Labute approximate surface area is 221 Å². The largest absolute Gasteiger partial charge is 0.490 e. The third-order valence-corrected chi connectivity index (χ3v) is 6.78. The molecule has 2 aliphatic rings. The van der Waals surface area contributed by atoms with E-state index in [4.69, 9.17) is 30.5 Å². The van der Waals surface area contributed by atoms with Crippen LogP contribution in [0.1, 0.15) is 28.4 Å². The number of hydrogen-bond donors (Lipinski definition) is 0. The fourth-order valence-corrected chi connectivity index (χ4v) is 4.79. The summed E-state index contributed by atoms with van der Waals surface area (Å²) in [5.41, 5.74) is 1.58. The lowest BCUT2D eigenvalue weighted by atomic mass is 10.1. The SMILES string of the molecule is CCOc1cc(/C=C2\SC(=O)N(Cc3cc4c(cc3Cl)OCO4)C2=O)ccc1OC(=O)c1ccccc1. The van der Waals surface area contributed by atoms with E-state index in [2.05, 4.69) is 0 Å². The number of rotatable bonds is 7. The van der Waals surface area contributed by atoms with E-state index in [0.717, 1.165) is 16.7 Å². The number of carbonyl (C=O) groups is 3. The third kappa shape index (κ3) is 5.28. The van der Waals surface area contributed by atoms with Crippen LogP contribution >= 0.6 is 23.4 Å². The molecule has 0 unspecified atom stereocenters. The second-order valence-corrected chi connectivity index (χ2v) is 9.36. The third-order valence-electron chi connectivity index (χ3n) is 5.52. The number of amides is 2. The summed E-state index contributed by atoms with van der Waals surface area (Å²) in [5, 5.41) is -0.0438. The molecule has 0 radical (unpaired) electrons. The van der Waals surface area contributed by atoms with Gasteiger partial charge in [0.2, 0.25) is 6.79 Å². The summed E-state index contributed by atoms with van der Waals surface area (Å²) in [4.78, 5) is 39.6. The molecule has 8 nitrogen and oxygen atoms in total. The lowest BCUT2D eigenvalue weighted by Gasteiger charge is -2.14. The number of imide groups is 1. The standard InChI is InChI=1S/C27H20ClNO7S/c1-2-33-21-10-16(8-9-20(21)36-26(31)17-6-4-3-5-7-17)11-24-25(30)29(27(32)37-24)14-18-12-22-23(13-19(18)28)35-15-34-22/h3-13H,2,14-15H2,1H3/b24-11-. The van der Waals surface area contributed by atoms with E-state index in [9.17, 15) is 14.4 Å². The van der Waals surface area contributed by atoms with E-state index in [0.29, 0.717) is 45.6 Å². The van der Waals surface area contributed by atoms with Gasteiger partial charge in [-0.05, 0) is 66.2 Å². The van der Waals surface area contributed by atoms with Crippen molar-refractivity contribution in [1.82, 2.24) is 4.90 Å². The highest BCUT2D eigenvalue weighted by Crippen LogP contribution is 2.40. The van der Waals surface area contributed by atoms with Gasteiger partial charge in [0.05, 0.1) is 23.6 Å². The van der Waals surface area contributed by atoms with Gasteiger partial charge in [-0.3, -0.25) is 14.5 Å². The minimum absolute atomic E-state index is 0.00392. The van der Waals surface area contributed by atoms with E-state index < -0.39 is 17.1 Å². The van der Waals surface area contributed by atoms with Gasteiger partial charge < -0.3 is 18.9 Å². The van der Waals surface area contributed by atoms with E-state index in [-0.39, 0.29) is 24.0 Å². The Kier molecular flexibility index (Phi) is 7.07. The van der Waals surface area contributed by atoms with Crippen molar-refractivity contribution in [3.63, 3.8) is 0 Å². The molecule has 0 aliphatic carbocycles. The molecule has 0 aromatic heterocycles. The lowest BCUT2D eigenvalue weighted by molar-refractivity contribution is -0.123. The van der Waals surface area contributed by atoms with Gasteiger partial charge in [0.25, 0.3) is 11.1 Å². The molecule has 188 valence electrons. The van der Waals surface area contributed by atoms with Gasteiger partial charge in [0.1, 0.15) is 0 Å². The Morgan fingerprint density at radius 1 is 1.05 bits per heavy atom. The van der Waals surface area contributed by atoms with Crippen molar-refractivity contribution in [2.75, 3.05) is 13.4 Å². The van der Waals surface area contributed by atoms with Crippen LogP contribution in [-0.2, 0) is 11.3 Å². The number of nitrogens with zero attached hydrogens (tertiary/aromatic N) is 1. The first-order valence-electron chi connectivity index (χ1n) is 11.3. The molecule has 2 amide bonds. The monoisotopic (exact) mass is 537 g/mol. The maximum atomic E-state index is 13.1. The van der Waals surface area contributed by atoms with Gasteiger partial charge in [0, 0.05) is 11.1 Å². The molecular weight excluding hydrogens is 518 g/mol. The summed E-state index contributed by atoms with van der Waals surface area (Å²) < 4.78 is 21.9. The zero-order chi connectivity index (χ0) is 25.9. The average Bonchev–Trinajstić information content (AvgIpc) is 3.45. The highest BCUT2D eigenvalue weighted by molar-refractivity contribution is 8.18. The van der Waals surface area contributed by atoms with E-state index in [1.807, 2.05) is 13.0 Å². The van der Waals surface area contributed by atoms with Gasteiger partial charge in [0.15, 0.2) is 23.0 Å². The molecule has 1 fully saturated rings. The van der Waals surface area contributed by atoms with Crippen LogP contribution in [0.25, 0.3) is 6.08 Å². The molecule has 0 N–H and O–H groups in total. The van der Waals surface area contributed by atoms with Crippen LogP contribution in [0.3, 0.4) is 0 Å². The molecule has 2 heterocycles. The molecule has 5 rings (SSSR count). The number of thioether (sulfide) groups is 1. The average molecular weight is 538 g/mol. The van der Waals surface area contributed by atoms with Crippen LogP contribution < -0.4 is 18.9 Å². The highest BCUT2D eigenvalue weighted by atomic mass is 35.5. The predicted octanol–water partition coefficient (Wildman–Crippen LogP) is 5.92. The minimum Gasteiger partial charge on any atom is -0.490 e. The molecule has 0 saturated carbocycles. The van der Waals surface area contributed by atoms with Crippen molar-refractivity contribution in [3.05, 3.63) is 87.3 Å². The first kappa shape index (κ1) is 24.7. The summed E-state index contributed by atoms with van der Waals surface area (Å²) in [7, 11) is 0. The van der Waals surface area contributed by atoms with Crippen molar-refractivity contribution < 1.29 is 33.3 Å². The summed E-state index contributed by atoms with van der Waals surface area (Å²) in [6, 6.07) is 16.8. The number of esters is 1. The van der Waals surface area contributed by atoms with Crippen LogP contribution in [0.4, 0.5) is 4.79 Å². The number of ether oxygens (including phenoxy) is 4. The number of fused-ring (bicyclic) bond motifs is 1. The molecule has 3 aromatic carbocycles. The van der Waals surface area contributed by atoms with Crippen molar-refractivity contribution in [2.24, 2.45) is 0 Å². The van der Waals surface area contributed by atoms with Gasteiger partial charge in [-0.1, -0.05) is 35.9 Å². The van der Waals surface area contributed by atoms with Crippen molar-refractivity contribution in [3.8, 4) is 23.0 Å². The Bertz CT molecular complexity index is 1420. The van der Waals surface area contributed by atoms with Crippen LogP contribution in [0.5, 0.6) is 23.0 Å². The molecule has 2 aliphatic heterocycles. The number of benzene rings is 3. The van der Waals surface area contributed by atoms with Gasteiger partial charge in [-0.2, -0.15) is 0 Å². The van der Waals surface area contributed by atoms with Crippen molar-refractivity contribution >= 4 is 46.6 Å². The van der Waals surface area contributed by atoms with Crippen LogP contribution in [0.2, 0.25) is 5.02 Å². The number of hydrogen-bond acceptors (Lipinski definition) is 8. The molecule has 0 spiro atoms. The van der Waals surface area contributed by atoms with Gasteiger partial charge in [-0.25, -0.2) is 4.79 Å². The van der Waals surface area contributed by atoms with Gasteiger partial charge >= 0.3 is 5.97 Å². The van der Waals surface area contributed by atoms with Crippen LogP contribution in [0, 0.1) is 0 Å². The quantitative estimate of drug-likeness (QED) is 0.208. The van der Waals surface area contributed by atoms with E-state index in [1.54, 1.807) is 60.7 Å². The number of halogens is 1. The number of carbonyl (C=O) groups excluding carboxylic acids is 3. The predicted molar refractivity (Wildman–Crippen MR) is 138 cm³/mol. The molecular formula is C27H20ClNO7S. The summed E-state index contributed by atoms with van der Waals surface area (Å²) in [5.74, 6) is 0.661. The Balaban J connectivity index is 1.35. The smallest absolute Gasteiger partial charge is 0.343 e. The fourth-order valence-electron chi connectivity index (χ4n) is 3.74. The molecule has 0 atom stereocenters. The van der Waals surface area contributed by atoms with Gasteiger partial charge in [-0.15, -0.1) is 0 Å². The zero-order valence-corrected chi connectivity index (χ0v) is 21.1. The molecule has 3 aromatic rings. The Morgan fingerprint density at radius 3 is 2.57 bits per heavy atom. The molecule has 0 bridgehead atoms. The summed E-state index contributed by atoms with van der Waals surface area (Å²) >= 11 is 7.16. The highest BCUT2D eigenvalue weighted by Gasteiger charge is 2.36. The normalized spacial score (nSPS) is 15.4. The second-order valence-electron chi connectivity index (χ2n) is 7.96. The van der Waals surface area contributed by atoms with Crippen molar-refractivity contribution in [2.45, 2.75) is 13.5 Å². The minimum atomic E-state index is -0.516. The summed E-state index contributed by atoms with van der Waals surface area (Å²) in [6.07, 6.45) is 1.59. The molecule has 1 saturated heterocycles. The maximum absolute atomic E-state index is 13.1. The topological polar surface area (TPSA) is 91.4 Å². The maximum Gasteiger partial charge on any atom is 0.343 e. The first-order valence-corrected chi connectivity index (χ1v) is 12.5. The fraction of sp³-hybridized carbons (Fsp3) is 0.148. The Morgan fingerprint density at radius 2 is 1.81 bits per heavy atom. The first-order chi connectivity index (χ1) is 17.9.